The zero-order chi connectivity index (χ0) is 15.7. The number of hydrogen-bond acceptors (Lipinski definition) is 3. The van der Waals surface area contributed by atoms with Crippen molar-refractivity contribution in [3.05, 3.63) is 64.7 Å². The molecule has 1 heterocycles. The number of aliphatic imine (C=N–C) groups is 1. The molecule has 5 heteroatoms. The van der Waals surface area contributed by atoms with Gasteiger partial charge in [-0.2, -0.15) is 0 Å². The normalized spacial score (nSPS) is 20.7. The largest absolute Gasteiger partial charge is 0.349 e. The summed E-state index contributed by atoms with van der Waals surface area (Å²) >= 11 is 6.13. The lowest BCUT2D eigenvalue weighted by Gasteiger charge is -2.21. The summed E-state index contributed by atoms with van der Waals surface area (Å²) < 4.78 is 5.35. The monoisotopic (exact) mass is 314 g/mol. The van der Waals surface area contributed by atoms with Gasteiger partial charge in [0.05, 0.1) is 11.4 Å². The average Bonchev–Trinajstić information content (AvgIpc) is 2.64. The summed E-state index contributed by atoms with van der Waals surface area (Å²) in [4.78, 5) is 17.0. The third-order valence-corrected chi connectivity index (χ3v) is 3.91. The first-order valence-electron chi connectivity index (χ1n) is 6.85. The molecule has 0 saturated carbocycles. The van der Waals surface area contributed by atoms with Crippen molar-refractivity contribution in [2.24, 2.45) is 4.99 Å². The van der Waals surface area contributed by atoms with Gasteiger partial charge in [-0.15, -0.1) is 0 Å². The van der Waals surface area contributed by atoms with Crippen molar-refractivity contribution in [2.75, 3.05) is 12.4 Å². The minimum absolute atomic E-state index is 0.315. The number of fused-ring (bicyclic) bond motifs is 1. The maximum atomic E-state index is 12.4. The van der Waals surface area contributed by atoms with Crippen molar-refractivity contribution in [1.82, 2.24) is 0 Å². The Balaban J connectivity index is 2.28. The molecule has 22 heavy (non-hydrogen) atoms. The number of ether oxygens (including phenoxy) is 1. The number of carbonyl (C=O) groups is 1. The fraction of sp³-hybridized carbons (Fsp3) is 0.176. The van der Waals surface area contributed by atoms with Gasteiger partial charge in [0, 0.05) is 23.3 Å². The Morgan fingerprint density at radius 2 is 1.91 bits per heavy atom. The van der Waals surface area contributed by atoms with E-state index >= 15 is 0 Å². The third-order valence-electron chi connectivity index (χ3n) is 3.68. The molecule has 2 aromatic rings. The third kappa shape index (κ3) is 2.51. The van der Waals surface area contributed by atoms with Crippen LogP contribution in [0.2, 0.25) is 5.02 Å². The van der Waals surface area contributed by atoms with E-state index in [1.807, 2.05) is 30.3 Å². The van der Waals surface area contributed by atoms with E-state index in [2.05, 4.69) is 10.3 Å². The first-order valence-corrected chi connectivity index (χ1v) is 7.23. The highest BCUT2D eigenvalue weighted by Crippen LogP contribution is 2.30. The summed E-state index contributed by atoms with van der Waals surface area (Å²) in [5.74, 6) is -0.315. The van der Waals surface area contributed by atoms with Crippen LogP contribution in [0.1, 0.15) is 18.1 Å². The van der Waals surface area contributed by atoms with Crippen LogP contribution in [0.4, 0.5) is 5.69 Å². The Hall–Kier alpha value is -2.17. The number of nitrogens with one attached hydrogen (secondary N) is 1. The van der Waals surface area contributed by atoms with Crippen molar-refractivity contribution < 1.29 is 9.53 Å². The Morgan fingerprint density at radius 3 is 2.59 bits per heavy atom. The maximum Gasteiger partial charge on any atom is 0.279 e. The summed E-state index contributed by atoms with van der Waals surface area (Å²) in [5.41, 5.74) is 1.70. The van der Waals surface area contributed by atoms with Gasteiger partial charge < -0.3 is 10.1 Å². The molecule has 0 radical (unpaired) electrons. The molecule has 0 fully saturated rings. The predicted octanol–water partition coefficient (Wildman–Crippen LogP) is 3.49. The lowest BCUT2D eigenvalue weighted by Crippen LogP contribution is -2.39. The Labute approximate surface area is 133 Å². The fourth-order valence-electron chi connectivity index (χ4n) is 2.34. The van der Waals surface area contributed by atoms with Crippen LogP contribution in [0, 0.1) is 0 Å². The molecule has 0 saturated heterocycles. The standard InChI is InChI=1S/C17H15ClN2O2/c1-17(22-2)16(21)19-14-9-8-12(18)10-13(14)15(20-17)11-6-4-3-5-7-11/h3-10H,1-2H3,(H,19,21). The van der Waals surface area contributed by atoms with Gasteiger partial charge in [0.15, 0.2) is 0 Å². The van der Waals surface area contributed by atoms with E-state index in [0.717, 1.165) is 11.1 Å². The number of rotatable bonds is 2. The molecule has 0 bridgehead atoms. The van der Waals surface area contributed by atoms with Gasteiger partial charge in [0.1, 0.15) is 0 Å². The number of carbonyl (C=O) groups excluding carboxylic acids is 1. The molecule has 112 valence electrons. The smallest absolute Gasteiger partial charge is 0.279 e. The quantitative estimate of drug-likeness (QED) is 0.922. The van der Waals surface area contributed by atoms with Crippen molar-refractivity contribution >= 4 is 28.9 Å². The molecule has 3 rings (SSSR count). The second kappa shape index (κ2) is 5.55. The summed E-state index contributed by atoms with van der Waals surface area (Å²) in [7, 11) is 1.47. The molecule has 1 aliphatic rings. The van der Waals surface area contributed by atoms with E-state index in [4.69, 9.17) is 16.3 Å². The average molecular weight is 315 g/mol. The predicted molar refractivity (Wildman–Crippen MR) is 87.6 cm³/mol. The number of halogens is 1. The van der Waals surface area contributed by atoms with Gasteiger partial charge in [-0.05, 0) is 25.1 Å². The highest BCUT2D eigenvalue weighted by atomic mass is 35.5. The molecule has 0 aromatic heterocycles. The molecule has 4 nitrogen and oxygen atoms in total. The molecule has 1 N–H and O–H groups in total. The Bertz CT molecular complexity index is 759. The SMILES string of the molecule is COC1(C)N=C(c2ccccc2)c2cc(Cl)ccc2NC1=O. The van der Waals surface area contributed by atoms with Crippen LogP contribution in [0.5, 0.6) is 0 Å². The number of benzodiazepines with no additional fused rings is 1. The second-order valence-electron chi connectivity index (χ2n) is 5.16. The Morgan fingerprint density at radius 1 is 1.18 bits per heavy atom. The van der Waals surface area contributed by atoms with Gasteiger partial charge in [-0.1, -0.05) is 41.9 Å². The van der Waals surface area contributed by atoms with Crippen LogP contribution in [0.15, 0.2) is 53.5 Å². The van der Waals surface area contributed by atoms with Crippen molar-refractivity contribution in [2.45, 2.75) is 12.6 Å². The highest BCUT2D eigenvalue weighted by molar-refractivity contribution is 6.32. The number of benzene rings is 2. The maximum absolute atomic E-state index is 12.4. The van der Waals surface area contributed by atoms with Crippen LogP contribution >= 0.6 is 11.6 Å². The van der Waals surface area contributed by atoms with Gasteiger partial charge in [-0.25, -0.2) is 4.99 Å². The fourth-order valence-corrected chi connectivity index (χ4v) is 2.51. The van der Waals surface area contributed by atoms with Crippen LogP contribution < -0.4 is 5.32 Å². The van der Waals surface area contributed by atoms with Crippen LogP contribution in [-0.2, 0) is 9.53 Å². The molecule has 0 aliphatic carbocycles. The summed E-state index contributed by atoms with van der Waals surface area (Å²) in [6.45, 7) is 1.64. The topological polar surface area (TPSA) is 50.7 Å². The zero-order valence-electron chi connectivity index (χ0n) is 12.3. The lowest BCUT2D eigenvalue weighted by atomic mass is 10.0. The van der Waals surface area contributed by atoms with Gasteiger partial charge in [-0.3, -0.25) is 4.79 Å². The molecule has 1 atom stereocenters. The molecule has 2 aromatic carbocycles. The van der Waals surface area contributed by atoms with E-state index in [0.29, 0.717) is 16.4 Å². The Kier molecular flexibility index (Phi) is 3.72. The van der Waals surface area contributed by atoms with Crippen molar-refractivity contribution in [1.29, 1.82) is 0 Å². The van der Waals surface area contributed by atoms with E-state index in [1.165, 1.54) is 7.11 Å². The zero-order valence-corrected chi connectivity index (χ0v) is 13.0. The van der Waals surface area contributed by atoms with E-state index in [-0.39, 0.29) is 5.91 Å². The number of amides is 1. The molecular formula is C17H15ClN2O2. The summed E-state index contributed by atoms with van der Waals surface area (Å²) in [5, 5.41) is 3.43. The van der Waals surface area contributed by atoms with Gasteiger partial charge in [0.2, 0.25) is 5.72 Å². The number of nitrogens with zero attached hydrogens (tertiary/aromatic N) is 1. The minimum Gasteiger partial charge on any atom is -0.349 e. The minimum atomic E-state index is -1.29. The van der Waals surface area contributed by atoms with Crippen LogP contribution in [-0.4, -0.2) is 24.5 Å². The van der Waals surface area contributed by atoms with Gasteiger partial charge in [0.25, 0.3) is 5.91 Å². The van der Waals surface area contributed by atoms with E-state index < -0.39 is 5.72 Å². The number of methoxy groups -OCH3 is 1. The first kappa shape index (κ1) is 14.8. The van der Waals surface area contributed by atoms with E-state index in [9.17, 15) is 4.79 Å². The van der Waals surface area contributed by atoms with Crippen molar-refractivity contribution in [3.8, 4) is 0 Å². The summed E-state index contributed by atoms with van der Waals surface area (Å²) in [6, 6.07) is 15.0. The van der Waals surface area contributed by atoms with E-state index in [1.54, 1.807) is 25.1 Å². The second-order valence-corrected chi connectivity index (χ2v) is 5.59. The van der Waals surface area contributed by atoms with Crippen LogP contribution in [0.25, 0.3) is 0 Å². The van der Waals surface area contributed by atoms with Crippen LogP contribution in [0.3, 0.4) is 0 Å². The lowest BCUT2D eigenvalue weighted by molar-refractivity contribution is -0.134. The highest BCUT2D eigenvalue weighted by Gasteiger charge is 2.36. The molecular weight excluding hydrogens is 300 g/mol. The molecule has 1 aliphatic heterocycles. The van der Waals surface area contributed by atoms with Gasteiger partial charge >= 0.3 is 0 Å². The molecule has 1 amide bonds. The molecule has 0 spiro atoms. The number of hydrogen-bond donors (Lipinski definition) is 1. The summed E-state index contributed by atoms with van der Waals surface area (Å²) in [6.07, 6.45) is 0. The number of anilines is 1. The van der Waals surface area contributed by atoms with Crippen molar-refractivity contribution in [3.63, 3.8) is 0 Å². The molecule has 1 unspecified atom stereocenters. The first-order chi connectivity index (χ1) is 10.5.